The van der Waals surface area contributed by atoms with Crippen LogP contribution in [-0.4, -0.2) is 23.0 Å². The van der Waals surface area contributed by atoms with E-state index in [4.69, 9.17) is 5.11 Å². The smallest absolute Gasteiger partial charge is 0.308 e. The second-order valence-corrected chi connectivity index (χ2v) is 5.76. The van der Waals surface area contributed by atoms with Gasteiger partial charge in [0.25, 0.3) is 0 Å². The average molecular weight is 253 g/mol. The standard InChI is InChI=1S/C14H23NO3/c16-13(9-10-5-1-2-6-10)15-12-8-4-3-7-11(12)14(17)18/h10-12H,1-9H2,(H,15,16)(H,17,18). The molecule has 0 saturated heterocycles. The Kier molecular flexibility index (Phi) is 4.61. The summed E-state index contributed by atoms with van der Waals surface area (Å²) in [5.74, 6) is -0.566. The summed E-state index contributed by atoms with van der Waals surface area (Å²) in [6.07, 6.45) is 8.86. The Hall–Kier alpha value is -1.06. The average Bonchev–Trinajstić information content (AvgIpc) is 2.82. The number of rotatable bonds is 4. The number of carbonyl (C=O) groups excluding carboxylic acids is 1. The molecule has 0 aromatic heterocycles. The number of nitrogens with one attached hydrogen (secondary N) is 1. The Morgan fingerprint density at radius 1 is 1.00 bits per heavy atom. The van der Waals surface area contributed by atoms with Crippen LogP contribution in [0.4, 0.5) is 0 Å². The van der Waals surface area contributed by atoms with Gasteiger partial charge < -0.3 is 10.4 Å². The Morgan fingerprint density at radius 3 is 2.28 bits per heavy atom. The van der Waals surface area contributed by atoms with Gasteiger partial charge >= 0.3 is 5.97 Å². The van der Waals surface area contributed by atoms with Crippen molar-refractivity contribution in [2.75, 3.05) is 0 Å². The highest BCUT2D eigenvalue weighted by Gasteiger charge is 2.32. The van der Waals surface area contributed by atoms with Crippen molar-refractivity contribution in [1.29, 1.82) is 0 Å². The molecule has 2 atom stereocenters. The van der Waals surface area contributed by atoms with Gasteiger partial charge in [-0.2, -0.15) is 0 Å². The zero-order chi connectivity index (χ0) is 13.0. The lowest BCUT2D eigenvalue weighted by Gasteiger charge is -2.29. The summed E-state index contributed by atoms with van der Waals surface area (Å²) in [5, 5.41) is 12.1. The van der Waals surface area contributed by atoms with Crippen LogP contribution in [0.5, 0.6) is 0 Å². The lowest BCUT2D eigenvalue weighted by molar-refractivity contribution is -0.144. The summed E-state index contributed by atoms with van der Waals surface area (Å²) in [5.41, 5.74) is 0. The number of aliphatic carboxylic acids is 1. The summed E-state index contributed by atoms with van der Waals surface area (Å²) in [7, 11) is 0. The molecule has 0 spiro atoms. The minimum atomic E-state index is -0.763. The first-order valence-corrected chi connectivity index (χ1v) is 7.19. The van der Waals surface area contributed by atoms with Gasteiger partial charge in [-0.3, -0.25) is 9.59 Å². The largest absolute Gasteiger partial charge is 0.481 e. The summed E-state index contributed by atoms with van der Waals surface area (Å²) in [4.78, 5) is 23.1. The third kappa shape index (κ3) is 3.47. The van der Waals surface area contributed by atoms with Crippen LogP contribution >= 0.6 is 0 Å². The molecule has 4 nitrogen and oxygen atoms in total. The zero-order valence-corrected chi connectivity index (χ0v) is 10.9. The molecule has 1 amide bonds. The van der Waals surface area contributed by atoms with E-state index in [-0.39, 0.29) is 17.9 Å². The maximum atomic E-state index is 11.9. The quantitative estimate of drug-likeness (QED) is 0.808. The van der Waals surface area contributed by atoms with E-state index in [0.717, 1.165) is 32.1 Å². The monoisotopic (exact) mass is 253 g/mol. The van der Waals surface area contributed by atoms with E-state index < -0.39 is 5.97 Å². The molecule has 0 aliphatic heterocycles. The highest BCUT2D eigenvalue weighted by atomic mass is 16.4. The van der Waals surface area contributed by atoms with Gasteiger partial charge in [0.05, 0.1) is 5.92 Å². The van der Waals surface area contributed by atoms with Crippen molar-refractivity contribution < 1.29 is 14.7 Å². The number of carbonyl (C=O) groups is 2. The molecule has 0 aromatic carbocycles. The highest BCUT2D eigenvalue weighted by Crippen LogP contribution is 2.28. The lowest BCUT2D eigenvalue weighted by atomic mass is 9.84. The molecule has 18 heavy (non-hydrogen) atoms. The SMILES string of the molecule is O=C(CC1CCCC1)NC1CCCCC1C(=O)O. The molecule has 102 valence electrons. The predicted molar refractivity (Wildman–Crippen MR) is 68.1 cm³/mol. The van der Waals surface area contributed by atoms with E-state index in [1.165, 1.54) is 12.8 Å². The number of hydrogen-bond donors (Lipinski definition) is 2. The van der Waals surface area contributed by atoms with Crippen LogP contribution in [0.25, 0.3) is 0 Å². The molecule has 2 N–H and O–H groups in total. The maximum absolute atomic E-state index is 11.9. The van der Waals surface area contributed by atoms with Crippen LogP contribution in [0.3, 0.4) is 0 Å². The molecule has 2 aliphatic carbocycles. The van der Waals surface area contributed by atoms with Crippen molar-refractivity contribution in [2.45, 2.75) is 63.8 Å². The van der Waals surface area contributed by atoms with E-state index in [9.17, 15) is 9.59 Å². The van der Waals surface area contributed by atoms with Gasteiger partial charge in [0.1, 0.15) is 0 Å². The molecular formula is C14H23NO3. The fraction of sp³-hybridized carbons (Fsp3) is 0.857. The van der Waals surface area contributed by atoms with Crippen molar-refractivity contribution in [1.82, 2.24) is 5.32 Å². The van der Waals surface area contributed by atoms with E-state index in [2.05, 4.69) is 5.32 Å². The van der Waals surface area contributed by atoms with E-state index in [0.29, 0.717) is 18.8 Å². The normalized spacial score (nSPS) is 29.1. The number of amides is 1. The molecule has 2 saturated carbocycles. The van der Waals surface area contributed by atoms with Gasteiger partial charge in [-0.1, -0.05) is 25.7 Å². The Labute approximate surface area is 108 Å². The molecule has 2 rings (SSSR count). The van der Waals surface area contributed by atoms with Crippen LogP contribution in [0, 0.1) is 11.8 Å². The number of carboxylic acid groups (broad SMARTS) is 1. The second kappa shape index (κ2) is 6.21. The predicted octanol–water partition coefficient (Wildman–Crippen LogP) is 2.33. The summed E-state index contributed by atoms with van der Waals surface area (Å²) < 4.78 is 0. The third-order valence-corrected chi connectivity index (χ3v) is 4.38. The molecule has 2 aliphatic rings. The van der Waals surface area contributed by atoms with Gasteiger partial charge in [-0.05, 0) is 31.6 Å². The van der Waals surface area contributed by atoms with Gasteiger partial charge in [0, 0.05) is 12.5 Å². The highest BCUT2D eigenvalue weighted by molar-refractivity contribution is 5.78. The van der Waals surface area contributed by atoms with Crippen LogP contribution in [0.15, 0.2) is 0 Å². The van der Waals surface area contributed by atoms with E-state index in [1.807, 2.05) is 0 Å². The molecule has 2 fully saturated rings. The molecule has 0 radical (unpaired) electrons. The fourth-order valence-corrected chi connectivity index (χ4v) is 3.34. The van der Waals surface area contributed by atoms with Crippen molar-refractivity contribution in [2.24, 2.45) is 11.8 Å². The zero-order valence-electron chi connectivity index (χ0n) is 10.9. The Bertz CT molecular complexity index is 310. The van der Waals surface area contributed by atoms with Crippen molar-refractivity contribution in [3.8, 4) is 0 Å². The van der Waals surface area contributed by atoms with Crippen LogP contribution < -0.4 is 5.32 Å². The van der Waals surface area contributed by atoms with Crippen molar-refractivity contribution in [3.63, 3.8) is 0 Å². The minimum absolute atomic E-state index is 0.0556. The molecular weight excluding hydrogens is 230 g/mol. The van der Waals surface area contributed by atoms with Crippen LogP contribution in [-0.2, 0) is 9.59 Å². The van der Waals surface area contributed by atoms with Crippen LogP contribution in [0.1, 0.15) is 57.8 Å². The maximum Gasteiger partial charge on any atom is 0.308 e. The van der Waals surface area contributed by atoms with Gasteiger partial charge in [0.15, 0.2) is 0 Å². The number of carboxylic acids is 1. The molecule has 2 unspecified atom stereocenters. The van der Waals surface area contributed by atoms with Crippen molar-refractivity contribution >= 4 is 11.9 Å². The third-order valence-electron chi connectivity index (χ3n) is 4.38. The second-order valence-electron chi connectivity index (χ2n) is 5.76. The van der Waals surface area contributed by atoms with E-state index in [1.54, 1.807) is 0 Å². The first-order chi connectivity index (χ1) is 8.66. The lowest BCUT2D eigenvalue weighted by Crippen LogP contribution is -2.45. The Morgan fingerprint density at radius 2 is 1.61 bits per heavy atom. The first-order valence-electron chi connectivity index (χ1n) is 7.19. The summed E-state index contributed by atoms with van der Waals surface area (Å²) in [6, 6.07) is -0.148. The Balaban J connectivity index is 1.82. The molecule has 0 bridgehead atoms. The van der Waals surface area contributed by atoms with Crippen LogP contribution in [0.2, 0.25) is 0 Å². The summed E-state index contributed by atoms with van der Waals surface area (Å²) >= 11 is 0. The van der Waals surface area contributed by atoms with Crippen molar-refractivity contribution in [3.05, 3.63) is 0 Å². The first kappa shape index (κ1) is 13.4. The molecule has 4 heteroatoms. The van der Waals surface area contributed by atoms with Gasteiger partial charge in [-0.25, -0.2) is 0 Å². The van der Waals surface area contributed by atoms with E-state index >= 15 is 0 Å². The molecule has 0 aromatic rings. The fourth-order valence-electron chi connectivity index (χ4n) is 3.34. The van der Waals surface area contributed by atoms with Gasteiger partial charge in [0.2, 0.25) is 5.91 Å². The topological polar surface area (TPSA) is 66.4 Å². The summed E-state index contributed by atoms with van der Waals surface area (Å²) in [6.45, 7) is 0. The van der Waals surface area contributed by atoms with Gasteiger partial charge in [-0.15, -0.1) is 0 Å². The number of hydrogen-bond acceptors (Lipinski definition) is 2. The minimum Gasteiger partial charge on any atom is -0.481 e. The molecule has 0 heterocycles.